The van der Waals surface area contributed by atoms with Crippen LogP contribution in [0.3, 0.4) is 0 Å². The zero-order valence-electron chi connectivity index (χ0n) is 8.04. The predicted octanol–water partition coefficient (Wildman–Crippen LogP) is 2.89. The van der Waals surface area contributed by atoms with Crippen LogP contribution in [0.4, 0.5) is 5.69 Å². The minimum Gasteiger partial charge on any atom is -0.285 e. The van der Waals surface area contributed by atoms with Gasteiger partial charge in [-0.25, -0.2) is 0 Å². The van der Waals surface area contributed by atoms with Crippen molar-refractivity contribution in [2.24, 2.45) is 5.92 Å². The first kappa shape index (κ1) is 9.11. The van der Waals surface area contributed by atoms with E-state index in [-0.39, 0.29) is 0 Å². The van der Waals surface area contributed by atoms with Gasteiger partial charge in [-0.15, -0.1) is 0 Å². The van der Waals surface area contributed by atoms with Crippen molar-refractivity contribution in [2.45, 2.75) is 20.8 Å². The first-order chi connectivity index (χ1) is 5.68. The van der Waals surface area contributed by atoms with Crippen molar-refractivity contribution in [3.63, 3.8) is 0 Å². The highest BCUT2D eigenvalue weighted by atomic mass is 14.9. The second kappa shape index (κ2) is 4.15. The van der Waals surface area contributed by atoms with E-state index in [0.29, 0.717) is 5.92 Å². The average molecular weight is 162 g/mol. The Morgan fingerprint density at radius 1 is 1.17 bits per heavy atom. The minimum absolute atomic E-state index is 0.645. The summed E-state index contributed by atoms with van der Waals surface area (Å²) in [5.74, 6) is 0.645. The lowest BCUT2D eigenvalue weighted by atomic mass is 10.2. The zero-order valence-corrected chi connectivity index (χ0v) is 8.04. The highest BCUT2D eigenvalue weighted by Gasteiger charge is 1.95. The third-order valence-electron chi connectivity index (χ3n) is 1.67. The van der Waals surface area contributed by atoms with Gasteiger partial charge in [0.15, 0.2) is 0 Å². The number of hydrogen-bond acceptors (Lipinski definition) is 0. The van der Waals surface area contributed by atoms with Gasteiger partial charge in [0.1, 0.15) is 0 Å². The molecule has 0 saturated carbocycles. The van der Waals surface area contributed by atoms with Crippen LogP contribution in [-0.2, 0) is 0 Å². The van der Waals surface area contributed by atoms with Crippen LogP contribution in [0, 0.1) is 12.8 Å². The van der Waals surface area contributed by atoms with Crippen molar-refractivity contribution in [1.82, 2.24) is 5.32 Å². The van der Waals surface area contributed by atoms with E-state index in [4.69, 9.17) is 0 Å². The second-order valence-corrected chi connectivity index (χ2v) is 3.57. The third-order valence-corrected chi connectivity index (χ3v) is 1.67. The van der Waals surface area contributed by atoms with Crippen LogP contribution in [0.25, 0.3) is 0 Å². The lowest BCUT2D eigenvalue weighted by Gasteiger charge is -2.05. The van der Waals surface area contributed by atoms with Crippen molar-refractivity contribution < 1.29 is 0 Å². The van der Waals surface area contributed by atoms with Crippen molar-refractivity contribution in [3.8, 4) is 0 Å². The molecule has 0 atom stereocenters. The Bertz CT molecular complexity index is 223. The minimum atomic E-state index is 0.645. The highest BCUT2D eigenvalue weighted by Crippen LogP contribution is 2.09. The van der Waals surface area contributed by atoms with Crippen molar-refractivity contribution >= 4 is 5.69 Å². The molecular formula is C11H16N. The van der Waals surface area contributed by atoms with Gasteiger partial charge in [0.2, 0.25) is 0 Å². The van der Waals surface area contributed by atoms with E-state index in [1.54, 1.807) is 0 Å². The second-order valence-electron chi connectivity index (χ2n) is 3.57. The van der Waals surface area contributed by atoms with E-state index in [1.165, 1.54) is 5.56 Å². The molecule has 0 fully saturated rings. The Kier molecular flexibility index (Phi) is 3.15. The van der Waals surface area contributed by atoms with Gasteiger partial charge in [-0.2, -0.15) is 0 Å². The molecular weight excluding hydrogens is 146 g/mol. The summed E-state index contributed by atoms with van der Waals surface area (Å²) in [6.45, 7) is 7.37. The maximum absolute atomic E-state index is 4.45. The van der Waals surface area contributed by atoms with Crippen LogP contribution < -0.4 is 5.32 Å². The number of benzene rings is 1. The Labute approximate surface area is 74.8 Å². The smallest absolute Gasteiger partial charge is 0.0574 e. The van der Waals surface area contributed by atoms with Gasteiger partial charge >= 0.3 is 0 Å². The van der Waals surface area contributed by atoms with Gasteiger partial charge in [-0.1, -0.05) is 31.5 Å². The zero-order chi connectivity index (χ0) is 8.97. The molecule has 1 radical (unpaired) electrons. The molecule has 1 aromatic carbocycles. The molecule has 0 aliphatic heterocycles. The summed E-state index contributed by atoms with van der Waals surface area (Å²) in [4.78, 5) is 0. The standard InChI is InChI=1S/C11H16N/c1-9(2)8-12-11-6-4-10(3)5-7-11/h4-7,9H,8H2,1-3H3. The quantitative estimate of drug-likeness (QED) is 0.649. The van der Waals surface area contributed by atoms with Gasteiger partial charge < -0.3 is 0 Å². The molecule has 0 heterocycles. The summed E-state index contributed by atoms with van der Waals surface area (Å²) in [5, 5.41) is 4.45. The molecule has 0 aromatic heterocycles. The van der Waals surface area contributed by atoms with Gasteiger partial charge in [-0.3, -0.25) is 5.32 Å². The monoisotopic (exact) mass is 162 g/mol. The Balaban J connectivity index is 2.48. The summed E-state index contributed by atoms with van der Waals surface area (Å²) in [6, 6.07) is 8.33. The third kappa shape index (κ3) is 2.95. The fourth-order valence-corrected chi connectivity index (χ4v) is 0.938. The van der Waals surface area contributed by atoms with Crippen LogP contribution in [-0.4, -0.2) is 6.54 Å². The fraction of sp³-hybridized carbons (Fsp3) is 0.455. The van der Waals surface area contributed by atoms with E-state index < -0.39 is 0 Å². The molecule has 0 aliphatic carbocycles. The summed E-state index contributed by atoms with van der Waals surface area (Å²) >= 11 is 0. The average Bonchev–Trinajstić information content (AvgIpc) is 2.03. The fourth-order valence-electron chi connectivity index (χ4n) is 0.938. The Hall–Kier alpha value is -0.980. The lowest BCUT2D eigenvalue weighted by molar-refractivity contribution is 0.609. The maximum atomic E-state index is 4.45. The van der Waals surface area contributed by atoms with Gasteiger partial charge in [0, 0.05) is 6.54 Å². The van der Waals surface area contributed by atoms with E-state index in [0.717, 1.165) is 12.2 Å². The molecule has 1 aromatic rings. The van der Waals surface area contributed by atoms with Crippen molar-refractivity contribution in [3.05, 3.63) is 29.8 Å². The van der Waals surface area contributed by atoms with E-state index in [2.05, 4.69) is 50.4 Å². The normalized spacial score (nSPS) is 10.3. The SMILES string of the molecule is Cc1ccc([N]CC(C)C)cc1. The number of nitrogens with zero attached hydrogens (tertiary/aromatic N) is 1. The molecule has 1 nitrogen and oxygen atoms in total. The van der Waals surface area contributed by atoms with E-state index in [1.807, 2.05) is 0 Å². The van der Waals surface area contributed by atoms with E-state index in [9.17, 15) is 0 Å². The molecule has 1 heteroatoms. The number of rotatable bonds is 3. The molecule has 0 amide bonds. The van der Waals surface area contributed by atoms with Crippen LogP contribution >= 0.6 is 0 Å². The van der Waals surface area contributed by atoms with Crippen LogP contribution in [0.2, 0.25) is 0 Å². The first-order valence-corrected chi connectivity index (χ1v) is 4.42. The maximum Gasteiger partial charge on any atom is 0.0574 e. The van der Waals surface area contributed by atoms with Crippen LogP contribution in [0.15, 0.2) is 24.3 Å². The molecule has 1 rings (SSSR count). The molecule has 0 bridgehead atoms. The topological polar surface area (TPSA) is 14.1 Å². The van der Waals surface area contributed by atoms with Gasteiger partial charge in [-0.05, 0) is 25.0 Å². The van der Waals surface area contributed by atoms with E-state index >= 15 is 0 Å². The molecule has 0 unspecified atom stereocenters. The molecule has 0 aliphatic rings. The van der Waals surface area contributed by atoms with Crippen molar-refractivity contribution in [2.75, 3.05) is 6.54 Å². The largest absolute Gasteiger partial charge is 0.285 e. The number of hydrogen-bond donors (Lipinski definition) is 0. The molecule has 65 valence electrons. The highest BCUT2D eigenvalue weighted by molar-refractivity contribution is 5.37. The molecule has 0 saturated heterocycles. The van der Waals surface area contributed by atoms with Crippen LogP contribution in [0.1, 0.15) is 19.4 Å². The first-order valence-electron chi connectivity index (χ1n) is 4.42. The lowest BCUT2D eigenvalue weighted by Crippen LogP contribution is -2.06. The predicted molar refractivity (Wildman–Crippen MR) is 52.7 cm³/mol. The molecule has 0 spiro atoms. The summed E-state index contributed by atoms with van der Waals surface area (Å²) in [5.41, 5.74) is 2.38. The van der Waals surface area contributed by atoms with Gasteiger partial charge in [0.05, 0.1) is 5.69 Å². The summed E-state index contributed by atoms with van der Waals surface area (Å²) < 4.78 is 0. The van der Waals surface area contributed by atoms with Crippen LogP contribution in [0.5, 0.6) is 0 Å². The van der Waals surface area contributed by atoms with Crippen molar-refractivity contribution in [1.29, 1.82) is 0 Å². The molecule has 0 N–H and O–H groups in total. The summed E-state index contributed by atoms with van der Waals surface area (Å²) in [7, 11) is 0. The summed E-state index contributed by atoms with van der Waals surface area (Å²) in [6.07, 6.45) is 0. The Morgan fingerprint density at radius 2 is 1.75 bits per heavy atom. The number of aryl methyl sites for hydroxylation is 1. The molecule has 12 heavy (non-hydrogen) atoms. The Morgan fingerprint density at radius 3 is 2.25 bits per heavy atom. The van der Waals surface area contributed by atoms with Gasteiger partial charge in [0.25, 0.3) is 0 Å².